The largest absolute Gasteiger partial charge is 0.416 e. The smallest absolute Gasteiger partial charge is 0.325 e. The molecule has 0 aliphatic rings. The van der Waals surface area contributed by atoms with Gasteiger partial charge in [-0.15, -0.1) is 0 Å². The molecule has 13 heteroatoms. The number of halogens is 3. The van der Waals surface area contributed by atoms with Gasteiger partial charge in [0.15, 0.2) is 19.7 Å². The molecule has 8 nitrogen and oxygen atoms in total. The van der Waals surface area contributed by atoms with E-state index in [0.717, 1.165) is 41.7 Å². The molecule has 0 fully saturated rings. The third kappa shape index (κ3) is 6.02. The van der Waals surface area contributed by atoms with Crippen LogP contribution in [-0.2, 0) is 32.4 Å². The first-order valence-corrected chi connectivity index (χ1v) is 14.0. The molecule has 0 aliphatic carbocycles. The minimum absolute atomic E-state index is 0.000956. The number of nitrogens with one attached hydrogen (secondary N) is 1. The highest BCUT2D eigenvalue weighted by Gasteiger charge is 2.32. The predicted molar refractivity (Wildman–Crippen MR) is 126 cm³/mol. The van der Waals surface area contributed by atoms with Crippen molar-refractivity contribution in [1.82, 2.24) is 4.98 Å². The molecular weight excluding hydrogens is 521 g/mol. The summed E-state index contributed by atoms with van der Waals surface area (Å²) in [5, 5.41) is 0. The van der Waals surface area contributed by atoms with E-state index < -0.39 is 48.4 Å². The van der Waals surface area contributed by atoms with Gasteiger partial charge >= 0.3 is 6.18 Å². The molecule has 0 unspecified atom stereocenters. The number of benzene rings is 2. The molecular formula is C23H21F3N2O6S2. The lowest BCUT2D eigenvalue weighted by atomic mass is 10.1. The van der Waals surface area contributed by atoms with Crippen LogP contribution in [0.15, 0.2) is 69.2 Å². The van der Waals surface area contributed by atoms with Crippen molar-refractivity contribution in [3.63, 3.8) is 0 Å². The molecule has 1 N–H and O–H groups in total. The molecule has 36 heavy (non-hydrogen) atoms. The second kappa shape index (κ2) is 9.54. The molecule has 3 rings (SSSR count). The van der Waals surface area contributed by atoms with Crippen LogP contribution >= 0.6 is 0 Å². The van der Waals surface area contributed by atoms with Crippen LogP contribution in [0, 0.1) is 6.92 Å². The number of alkyl halides is 3. The van der Waals surface area contributed by atoms with Crippen LogP contribution in [0.5, 0.6) is 0 Å². The maximum Gasteiger partial charge on any atom is 0.416 e. The van der Waals surface area contributed by atoms with Gasteiger partial charge in [0.05, 0.1) is 21.9 Å². The summed E-state index contributed by atoms with van der Waals surface area (Å²) in [6.45, 7) is 0.992. The summed E-state index contributed by atoms with van der Waals surface area (Å²) in [7, 11) is -7.36. The van der Waals surface area contributed by atoms with Gasteiger partial charge in [-0.3, -0.25) is 9.59 Å². The highest BCUT2D eigenvalue weighted by molar-refractivity contribution is 7.91. The SMILES string of the molecule is Cc1[nH]c(=O)c(C(=O)N(Cc2ccc(S(C)(=O)=O)cc2)c2cccc(C(F)(F)F)c2)cc1S(C)(=O)=O. The molecule has 1 aromatic heterocycles. The van der Waals surface area contributed by atoms with Crippen LogP contribution in [0.2, 0.25) is 0 Å². The number of sulfone groups is 2. The lowest BCUT2D eigenvalue weighted by Gasteiger charge is -2.24. The van der Waals surface area contributed by atoms with Crippen LogP contribution < -0.4 is 10.5 Å². The Kier molecular flexibility index (Phi) is 7.19. The van der Waals surface area contributed by atoms with E-state index in [9.17, 15) is 39.6 Å². The number of amides is 1. The Morgan fingerprint density at radius 1 is 0.944 bits per heavy atom. The third-order valence-corrected chi connectivity index (χ3v) is 7.59. The maximum atomic E-state index is 13.5. The summed E-state index contributed by atoms with van der Waals surface area (Å²) in [5.41, 5.74) is -2.41. The molecule has 1 heterocycles. The normalized spacial score (nSPS) is 12.4. The maximum absolute atomic E-state index is 13.5. The number of carbonyl (C=O) groups excluding carboxylic acids is 1. The average Bonchev–Trinajstić information content (AvgIpc) is 2.75. The topological polar surface area (TPSA) is 121 Å². The first-order chi connectivity index (χ1) is 16.5. The molecule has 2 aromatic carbocycles. The Balaban J connectivity index is 2.17. The van der Waals surface area contributed by atoms with E-state index in [1.807, 2.05) is 0 Å². The molecule has 0 bridgehead atoms. The quantitative estimate of drug-likeness (QED) is 0.510. The number of hydrogen-bond acceptors (Lipinski definition) is 6. The van der Waals surface area contributed by atoms with Gasteiger partial charge in [-0.25, -0.2) is 16.8 Å². The van der Waals surface area contributed by atoms with E-state index >= 15 is 0 Å². The van der Waals surface area contributed by atoms with Crippen molar-refractivity contribution in [2.75, 3.05) is 17.4 Å². The van der Waals surface area contributed by atoms with Crippen LogP contribution in [0.25, 0.3) is 0 Å². The second-order valence-electron chi connectivity index (χ2n) is 8.13. The van der Waals surface area contributed by atoms with E-state index in [0.29, 0.717) is 5.56 Å². The van der Waals surface area contributed by atoms with Gasteiger partial charge in [0, 0.05) is 23.9 Å². The third-order valence-electron chi connectivity index (χ3n) is 5.24. The van der Waals surface area contributed by atoms with Crippen molar-refractivity contribution in [3.8, 4) is 0 Å². The summed E-state index contributed by atoms with van der Waals surface area (Å²) in [6.07, 6.45) is -2.83. The molecule has 192 valence electrons. The number of carbonyl (C=O) groups is 1. The van der Waals surface area contributed by atoms with Crippen molar-refractivity contribution in [2.45, 2.75) is 29.4 Å². The Morgan fingerprint density at radius 2 is 1.56 bits per heavy atom. The highest BCUT2D eigenvalue weighted by atomic mass is 32.2. The number of rotatable bonds is 6. The number of aromatic nitrogens is 1. The number of hydrogen-bond donors (Lipinski definition) is 1. The summed E-state index contributed by atoms with van der Waals surface area (Å²) in [6, 6.07) is 10.1. The van der Waals surface area contributed by atoms with Crippen LogP contribution in [-0.4, -0.2) is 40.2 Å². The van der Waals surface area contributed by atoms with Crippen molar-refractivity contribution in [3.05, 3.63) is 87.3 Å². The van der Waals surface area contributed by atoms with E-state index in [1.54, 1.807) is 0 Å². The molecule has 3 aromatic rings. The lowest BCUT2D eigenvalue weighted by Crippen LogP contribution is -2.35. The zero-order chi connectivity index (χ0) is 27.1. The van der Waals surface area contributed by atoms with Crippen molar-refractivity contribution >= 4 is 31.3 Å². The monoisotopic (exact) mass is 542 g/mol. The fourth-order valence-electron chi connectivity index (χ4n) is 3.45. The fraction of sp³-hybridized carbons (Fsp3) is 0.217. The average molecular weight is 543 g/mol. The van der Waals surface area contributed by atoms with Gasteiger partial charge in [-0.1, -0.05) is 18.2 Å². The number of H-pyrrole nitrogens is 1. The molecule has 1 amide bonds. The van der Waals surface area contributed by atoms with Crippen LogP contribution in [0.1, 0.15) is 27.2 Å². The molecule has 0 atom stereocenters. The summed E-state index contributed by atoms with van der Waals surface area (Å²) >= 11 is 0. The summed E-state index contributed by atoms with van der Waals surface area (Å²) in [4.78, 5) is 28.9. The summed E-state index contributed by atoms with van der Waals surface area (Å²) in [5.74, 6) is -1.05. The predicted octanol–water partition coefficient (Wildman–Crippen LogP) is 3.36. The first-order valence-electron chi connectivity index (χ1n) is 10.2. The van der Waals surface area contributed by atoms with Gasteiger partial charge in [-0.2, -0.15) is 13.2 Å². The molecule has 0 aliphatic heterocycles. The number of aromatic amines is 1. The molecule has 0 saturated heterocycles. The van der Waals surface area contributed by atoms with E-state index in [2.05, 4.69) is 4.98 Å². The molecule has 0 saturated carbocycles. The summed E-state index contributed by atoms with van der Waals surface area (Å²) < 4.78 is 87.7. The Bertz CT molecular complexity index is 1590. The lowest BCUT2D eigenvalue weighted by molar-refractivity contribution is -0.137. The van der Waals surface area contributed by atoms with Crippen LogP contribution in [0.3, 0.4) is 0 Å². The van der Waals surface area contributed by atoms with Crippen LogP contribution in [0.4, 0.5) is 18.9 Å². The number of anilines is 1. The second-order valence-corrected chi connectivity index (χ2v) is 12.1. The van der Waals surface area contributed by atoms with Crippen molar-refractivity contribution in [1.29, 1.82) is 0 Å². The molecule has 0 spiro atoms. The van der Waals surface area contributed by atoms with Crippen molar-refractivity contribution in [2.24, 2.45) is 0 Å². The van der Waals surface area contributed by atoms with E-state index in [-0.39, 0.29) is 27.7 Å². The van der Waals surface area contributed by atoms with Gasteiger partial charge in [0.25, 0.3) is 11.5 Å². The Labute approximate surface area is 205 Å². The minimum Gasteiger partial charge on any atom is -0.325 e. The van der Waals surface area contributed by atoms with E-state index in [4.69, 9.17) is 0 Å². The Hall–Kier alpha value is -3.45. The Morgan fingerprint density at radius 3 is 2.08 bits per heavy atom. The van der Waals surface area contributed by atoms with E-state index in [1.165, 1.54) is 37.3 Å². The zero-order valence-electron chi connectivity index (χ0n) is 19.3. The van der Waals surface area contributed by atoms with Gasteiger partial charge < -0.3 is 9.88 Å². The highest BCUT2D eigenvalue weighted by Crippen LogP contribution is 2.32. The van der Waals surface area contributed by atoms with Crippen molar-refractivity contribution < 1.29 is 34.8 Å². The van der Waals surface area contributed by atoms with Gasteiger partial charge in [0.2, 0.25) is 0 Å². The van der Waals surface area contributed by atoms with Gasteiger partial charge in [-0.05, 0) is 48.9 Å². The molecule has 0 radical (unpaired) electrons. The zero-order valence-corrected chi connectivity index (χ0v) is 20.9. The fourth-order valence-corrected chi connectivity index (χ4v) is 5.02. The van der Waals surface area contributed by atoms with Gasteiger partial charge in [0.1, 0.15) is 5.56 Å². The number of nitrogens with zero attached hydrogens (tertiary/aromatic N) is 1. The standard InChI is InChI=1S/C23H21F3N2O6S2/c1-14-20(36(3,33)34)12-19(21(29)27-14)22(30)28(17-6-4-5-16(11-17)23(24,25)26)13-15-7-9-18(10-8-15)35(2,31)32/h4-12H,13H2,1-3H3,(H,27,29). The number of pyridine rings is 1. The number of aryl methyl sites for hydroxylation is 1. The minimum atomic E-state index is -4.72. The first kappa shape index (κ1) is 27.1.